The molecule has 0 aliphatic rings. The Morgan fingerprint density at radius 1 is 0.609 bits per heavy atom. The molecule has 3 aromatic rings. The lowest BCUT2D eigenvalue weighted by Crippen LogP contribution is -2.10. The van der Waals surface area contributed by atoms with Crippen molar-refractivity contribution in [1.29, 1.82) is 0 Å². The Hall–Kier alpha value is -2.06. The van der Waals surface area contributed by atoms with E-state index in [0.29, 0.717) is 0 Å². The van der Waals surface area contributed by atoms with Crippen LogP contribution in [0.25, 0.3) is 0 Å². The van der Waals surface area contributed by atoms with Gasteiger partial charge in [0.2, 0.25) is 0 Å². The molecule has 1 nitrogen and oxygen atoms in total. The number of anilines is 3. The quantitative estimate of drug-likeness (QED) is 0.490. The summed E-state index contributed by atoms with van der Waals surface area (Å²) < 4.78 is 1.13. The van der Waals surface area contributed by atoms with Gasteiger partial charge in [0, 0.05) is 21.5 Å². The zero-order chi connectivity index (χ0) is 16.4. The molecule has 0 fully saturated rings. The normalized spacial score (nSPS) is 10.6. The molecule has 0 radical (unpaired) electrons. The van der Waals surface area contributed by atoms with Crippen molar-refractivity contribution < 1.29 is 0 Å². The van der Waals surface area contributed by atoms with Crippen LogP contribution in [0.2, 0.25) is 0 Å². The lowest BCUT2D eigenvalue weighted by molar-refractivity contribution is 1.25. The maximum atomic E-state index is 3.59. The van der Waals surface area contributed by atoms with E-state index in [2.05, 4.69) is 108 Å². The highest BCUT2D eigenvalue weighted by Gasteiger charge is 2.12. The van der Waals surface area contributed by atoms with Crippen molar-refractivity contribution in [2.75, 3.05) is 4.90 Å². The molecule has 0 unspecified atom stereocenters. The molecule has 0 heterocycles. The third kappa shape index (κ3) is 3.48. The average Bonchev–Trinajstić information content (AvgIpc) is 2.55. The molecule has 0 saturated heterocycles. The van der Waals surface area contributed by atoms with Gasteiger partial charge < -0.3 is 4.90 Å². The first-order chi connectivity index (χ1) is 11.0. The largest absolute Gasteiger partial charge is 0.310 e. The van der Waals surface area contributed by atoms with Gasteiger partial charge in [-0.3, -0.25) is 0 Å². The van der Waals surface area contributed by atoms with Crippen LogP contribution in [0.1, 0.15) is 16.7 Å². The molecular formula is C21H20BrN. The van der Waals surface area contributed by atoms with Crippen LogP contribution in [0, 0.1) is 20.8 Å². The first-order valence-corrected chi connectivity index (χ1v) is 8.53. The predicted molar refractivity (Wildman–Crippen MR) is 103 cm³/mol. The Morgan fingerprint density at radius 3 is 1.48 bits per heavy atom. The molecule has 23 heavy (non-hydrogen) atoms. The van der Waals surface area contributed by atoms with Crippen LogP contribution in [-0.2, 0) is 0 Å². The van der Waals surface area contributed by atoms with Gasteiger partial charge in [0.1, 0.15) is 0 Å². The second-order valence-electron chi connectivity index (χ2n) is 5.94. The van der Waals surface area contributed by atoms with Crippen molar-refractivity contribution in [2.45, 2.75) is 20.8 Å². The number of hydrogen-bond acceptors (Lipinski definition) is 1. The van der Waals surface area contributed by atoms with Crippen LogP contribution < -0.4 is 4.90 Å². The topological polar surface area (TPSA) is 3.24 Å². The van der Waals surface area contributed by atoms with Gasteiger partial charge in [-0.2, -0.15) is 0 Å². The van der Waals surface area contributed by atoms with Gasteiger partial charge in [0.05, 0.1) is 0 Å². The first-order valence-electron chi connectivity index (χ1n) is 7.74. The molecule has 0 aliphatic heterocycles. The van der Waals surface area contributed by atoms with Crippen molar-refractivity contribution in [3.63, 3.8) is 0 Å². The number of halogens is 1. The maximum Gasteiger partial charge on any atom is 0.0465 e. The minimum atomic E-state index is 1.13. The van der Waals surface area contributed by atoms with E-state index in [1.54, 1.807) is 0 Å². The first kappa shape index (κ1) is 15.8. The molecule has 0 bridgehead atoms. The van der Waals surface area contributed by atoms with E-state index in [-0.39, 0.29) is 0 Å². The SMILES string of the molecule is Cc1ccc(N(c2ccc(C)cc2)c2ccc(Br)c(C)c2)cc1. The summed E-state index contributed by atoms with van der Waals surface area (Å²) in [5.74, 6) is 0. The van der Waals surface area contributed by atoms with Gasteiger partial charge in [-0.05, 0) is 68.8 Å². The monoisotopic (exact) mass is 365 g/mol. The molecule has 0 aliphatic carbocycles. The molecule has 0 spiro atoms. The second kappa shape index (κ2) is 6.59. The fourth-order valence-corrected chi connectivity index (χ4v) is 2.85. The predicted octanol–water partition coefficient (Wildman–Crippen LogP) is 6.84. The number of hydrogen-bond donors (Lipinski definition) is 0. The van der Waals surface area contributed by atoms with Gasteiger partial charge in [0.15, 0.2) is 0 Å². The minimum Gasteiger partial charge on any atom is -0.310 e. The van der Waals surface area contributed by atoms with Crippen LogP contribution in [0.4, 0.5) is 17.1 Å². The van der Waals surface area contributed by atoms with Crippen molar-refractivity contribution >= 4 is 33.0 Å². The third-order valence-corrected chi connectivity index (χ3v) is 4.87. The molecule has 2 heteroatoms. The van der Waals surface area contributed by atoms with E-state index in [4.69, 9.17) is 0 Å². The van der Waals surface area contributed by atoms with Gasteiger partial charge in [-0.15, -0.1) is 0 Å². The molecule has 0 N–H and O–H groups in total. The third-order valence-electron chi connectivity index (χ3n) is 3.98. The van der Waals surface area contributed by atoms with E-state index in [9.17, 15) is 0 Å². The lowest BCUT2D eigenvalue weighted by Gasteiger charge is -2.26. The molecule has 0 atom stereocenters. The zero-order valence-corrected chi connectivity index (χ0v) is 15.3. The highest BCUT2D eigenvalue weighted by atomic mass is 79.9. The zero-order valence-electron chi connectivity index (χ0n) is 13.7. The number of benzene rings is 3. The molecule has 3 aromatic carbocycles. The standard InChI is InChI=1S/C21H20BrN/c1-15-4-8-18(9-5-15)23(19-10-6-16(2)7-11-19)20-12-13-21(22)17(3)14-20/h4-14H,1-3H3. The van der Waals surface area contributed by atoms with E-state index in [1.165, 1.54) is 33.8 Å². The van der Waals surface area contributed by atoms with Crippen LogP contribution in [0.3, 0.4) is 0 Å². The highest BCUT2D eigenvalue weighted by molar-refractivity contribution is 9.10. The van der Waals surface area contributed by atoms with Crippen LogP contribution in [0.5, 0.6) is 0 Å². The van der Waals surface area contributed by atoms with Gasteiger partial charge in [0.25, 0.3) is 0 Å². The molecule has 3 rings (SSSR count). The minimum absolute atomic E-state index is 1.13. The van der Waals surface area contributed by atoms with Crippen LogP contribution in [0.15, 0.2) is 71.2 Å². The lowest BCUT2D eigenvalue weighted by atomic mass is 10.1. The van der Waals surface area contributed by atoms with Crippen LogP contribution >= 0.6 is 15.9 Å². The summed E-state index contributed by atoms with van der Waals surface area (Å²) in [6, 6.07) is 23.8. The van der Waals surface area contributed by atoms with E-state index >= 15 is 0 Å². The maximum absolute atomic E-state index is 3.59. The Morgan fingerprint density at radius 2 is 1.04 bits per heavy atom. The number of rotatable bonds is 3. The molecular weight excluding hydrogens is 346 g/mol. The summed E-state index contributed by atoms with van der Waals surface area (Å²) in [7, 11) is 0. The van der Waals surface area contributed by atoms with Gasteiger partial charge >= 0.3 is 0 Å². The average molecular weight is 366 g/mol. The van der Waals surface area contributed by atoms with Crippen molar-refractivity contribution in [2.24, 2.45) is 0 Å². The molecule has 0 amide bonds. The summed E-state index contributed by atoms with van der Waals surface area (Å²) in [5.41, 5.74) is 7.27. The van der Waals surface area contributed by atoms with Crippen molar-refractivity contribution in [3.8, 4) is 0 Å². The summed E-state index contributed by atoms with van der Waals surface area (Å²) in [4.78, 5) is 2.29. The number of aryl methyl sites for hydroxylation is 3. The number of nitrogens with zero attached hydrogens (tertiary/aromatic N) is 1. The van der Waals surface area contributed by atoms with Crippen molar-refractivity contribution in [3.05, 3.63) is 87.9 Å². The second-order valence-corrected chi connectivity index (χ2v) is 6.79. The Balaban J connectivity index is 2.14. The summed E-state index contributed by atoms with van der Waals surface area (Å²) in [5, 5.41) is 0. The van der Waals surface area contributed by atoms with Crippen LogP contribution in [-0.4, -0.2) is 0 Å². The summed E-state index contributed by atoms with van der Waals surface area (Å²) >= 11 is 3.59. The summed E-state index contributed by atoms with van der Waals surface area (Å²) in [6.07, 6.45) is 0. The Bertz CT molecular complexity index is 759. The molecule has 0 saturated carbocycles. The Kier molecular flexibility index (Phi) is 4.53. The van der Waals surface area contributed by atoms with E-state index < -0.39 is 0 Å². The fourth-order valence-electron chi connectivity index (χ4n) is 2.60. The summed E-state index contributed by atoms with van der Waals surface area (Å²) in [6.45, 7) is 6.35. The molecule has 116 valence electrons. The smallest absolute Gasteiger partial charge is 0.0465 e. The van der Waals surface area contributed by atoms with Crippen molar-refractivity contribution in [1.82, 2.24) is 0 Å². The highest BCUT2D eigenvalue weighted by Crippen LogP contribution is 2.36. The van der Waals surface area contributed by atoms with Gasteiger partial charge in [-0.1, -0.05) is 51.3 Å². The van der Waals surface area contributed by atoms with E-state index in [1.807, 2.05) is 0 Å². The van der Waals surface area contributed by atoms with E-state index in [0.717, 1.165) is 4.47 Å². The molecule has 0 aromatic heterocycles. The van der Waals surface area contributed by atoms with Gasteiger partial charge in [-0.25, -0.2) is 0 Å². The fraction of sp³-hybridized carbons (Fsp3) is 0.143. The Labute approximate surface area is 146 Å².